The lowest BCUT2D eigenvalue weighted by Crippen LogP contribution is -2.12. The Bertz CT molecular complexity index is 444. The minimum absolute atomic E-state index is 0.557. The molecular formula is C13H15F3O2S. The van der Waals surface area contributed by atoms with Gasteiger partial charge >= 0.3 is 12.1 Å². The molecule has 1 N–H and O–H groups in total. The number of carboxylic acid groups (broad SMARTS) is 1. The number of halogens is 3. The van der Waals surface area contributed by atoms with Crippen LogP contribution >= 0.6 is 11.8 Å². The molecule has 0 saturated carbocycles. The fraction of sp³-hybridized carbons (Fsp3) is 0.462. The maximum atomic E-state index is 12.6. The molecular weight excluding hydrogens is 277 g/mol. The third-order valence-corrected chi connectivity index (χ3v) is 3.62. The summed E-state index contributed by atoms with van der Waals surface area (Å²) in [4.78, 5) is 11.4. The van der Waals surface area contributed by atoms with Crippen LogP contribution in [0.1, 0.15) is 42.1 Å². The van der Waals surface area contributed by atoms with Gasteiger partial charge in [-0.05, 0) is 30.4 Å². The molecule has 0 unspecified atom stereocenters. The number of rotatable bonds is 6. The van der Waals surface area contributed by atoms with Gasteiger partial charge in [-0.1, -0.05) is 19.8 Å². The number of thioether (sulfide) groups is 1. The van der Waals surface area contributed by atoms with Gasteiger partial charge in [-0.3, -0.25) is 0 Å². The number of benzene rings is 1. The van der Waals surface area contributed by atoms with Gasteiger partial charge in [0, 0.05) is 4.90 Å². The third kappa shape index (κ3) is 4.78. The topological polar surface area (TPSA) is 37.3 Å². The molecule has 106 valence electrons. The van der Waals surface area contributed by atoms with Gasteiger partial charge in [0.2, 0.25) is 0 Å². The van der Waals surface area contributed by atoms with Gasteiger partial charge in [0.15, 0.2) is 0 Å². The van der Waals surface area contributed by atoms with Crippen molar-refractivity contribution >= 4 is 17.7 Å². The van der Waals surface area contributed by atoms with Crippen LogP contribution in [-0.2, 0) is 6.18 Å². The molecule has 6 heteroatoms. The second kappa shape index (κ2) is 6.84. The van der Waals surface area contributed by atoms with Crippen molar-refractivity contribution in [1.29, 1.82) is 0 Å². The summed E-state index contributed by atoms with van der Waals surface area (Å²) in [6.07, 6.45) is -1.56. The van der Waals surface area contributed by atoms with E-state index in [0.717, 1.165) is 37.1 Å². The first-order valence-electron chi connectivity index (χ1n) is 5.93. The van der Waals surface area contributed by atoms with Gasteiger partial charge < -0.3 is 5.11 Å². The van der Waals surface area contributed by atoms with Crippen molar-refractivity contribution in [1.82, 2.24) is 0 Å². The van der Waals surface area contributed by atoms with E-state index >= 15 is 0 Å². The lowest BCUT2D eigenvalue weighted by Gasteiger charge is -2.11. The van der Waals surface area contributed by atoms with Crippen LogP contribution in [0.4, 0.5) is 13.2 Å². The van der Waals surface area contributed by atoms with E-state index in [0.29, 0.717) is 4.90 Å². The molecule has 0 saturated heterocycles. The largest absolute Gasteiger partial charge is 0.478 e. The van der Waals surface area contributed by atoms with E-state index in [9.17, 15) is 18.0 Å². The quantitative estimate of drug-likeness (QED) is 0.610. The summed E-state index contributed by atoms with van der Waals surface area (Å²) in [5, 5.41) is 8.85. The molecule has 0 aliphatic heterocycles. The lowest BCUT2D eigenvalue weighted by molar-refractivity contribution is -0.138. The summed E-state index contributed by atoms with van der Waals surface area (Å²) in [5.41, 5.74) is -1.79. The average Bonchev–Trinajstić information content (AvgIpc) is 2.33. The maximum absolute atomic E-state index is 12.6. The smallest absolute Gasteiger partial charge is 0.417 e. The monoisotopic (exact) mass is 292 g/mol. The molecule has 0 spiro atoms. The van der Waals surface area contributed by atoms with Crippen LogP contribution in [0.5, 0.6) is 0 Å². The molecule has 1 aromatic rings. The summed E-state index contributed by atoms with van der Waals surface area (Å²) in [7, 11) is 0. The van der Waals surface area contributed by atoms with Crippen molar-refractivity contribution in [2.24, 2.45) is 0 Å². The number of hydrogen-bond acceptors (Lipinski definition) is 2. The van der Waals surface area contributed by atoms with Crippen molar-refractivity contribution in [3.63, 3.8) is 0 Å². The second-order valence-electron chi connectivity index (χ2n) is 4.07. The summed E-state index contributed by atoms with van der Waals surface area (Å²) >= 11 is 1.38. The fourth-order valence-corrected chi connectivity index (χ4v) is 2.53. The van der Waals surface area contributed by atoms with Crippen LogP contribution in [0.2, 0.25) is 0 Å². The van der Waals surface area contributed by atoms with Gasteiger partial charge in [-0.15, -0.1) is 11.8 Å². The molecule has 0 radical (unpaired) electrons. The van der Waals surface area contributed by atoms with E-state index in [4.69, 9.17) is 5.11 Å². The zero-order chi connectivity index (χ0) is 14.5. The van der Waals surface area contributed by atoms with Gasteiger partial charge in [0.1, 0.15) is 0 Å². The Kier molecular flexibility index (Phi) is 5.72. The van der Waals surface area contributed by atoms with E-state index in [1.165, 1.54) is 17.8 Å². The second-order valence-corrected chi connectivity index (χ2v) is 5.23. The Morgan fingerprint density at radius 3 is 2.53 bits per heavy atom. The van der Waals surface area contributed by atoms with Crippen LogP contribution in [0.3, 0.4) is 0 Å². The summed E-state index contributed by atoms with van der Waals surface area (Å²) in [6, 6.07) is 3.26. The standard InChI is InChI=1S/C13H15F3O2S/c1-2-3-4-7-19-9-5-6-11(13(14,15)16)10(8-9)12(17)18/h5-6,8H,2-4,7H2,1H3,(H,17,18). The Labute approximate surface area is 114 Å². The molecule has 0 aliphatic carbocycles. The highest BCUT2D eigenvalue weighted by Gasteiger charge is 2.35. The zero-order valence-corrected chi connectivity index (χ0v) is 11.3. The van der Waals surface area contributed by atoms with Crippen molar-refractivity contribution in [2.45, 2.75) is 37.3 Å². The fourth-order valence-electron chi connectivity index (χ4n) is 1.58. The van der Waals surface area contributed by atoms with Crippen molar-refractivity contribution in [2.75, 3.05) is 5.75 Å². The van der Waals surface area contributed by atoms with Gasteiger partial charge in [-0.2, -0.15) is 13.2 Å². The molecule has 0 fully saturated rings. The zero-order valence-electron chi connectivity index (χ0n) is 10.5. The van der Waals surface area contributed by atoms with Crippen LogP contribution in [-0.4, -0.2) is 16.8 Å². The number of carbonyl (C=O) groups is 1. The maximum Gasteiger partial charge on any atom is 0.417 e. The highest BCUT2D eigenvalue weighted by Crippen LogP contribution is 2.34. The minimum Gasteiger partial charge on any atom is -0.478 e. The van der Waals surface area contributed by atoms with E-state index in [-0.39, 0.29) is 0 Å². The van der Waals surface area contributed by atoms with Gasteiger partial charge in [-0.25, -0.2) is 4.79 Å². The van der Waals surface area contributed by atoms with Crippen molar-refractivity contribution in [3.05, 3.63) is 29.3 Å². The van der Waals surface area contributed by atoms with Crippen LogP contribution in [0, 0.1) is 0 Å². The Morgan fingerprint density at radius 1 is 1.32 bits per heavy atom. The van der Waals surface area contributed by atoms with E-state index in [1.807, 2.05) is 0 Å². The number of unbranched alkanes of at least 4 members (excludes halogenated alkanes) is 2. The normalized spacial score (nSPS) is 11.6. The Balaban J connectivity index is 2.88. The summed E-state index contributed by atoms with van der Waals surface area (Å²) in [6.45, 7) is 2.06. The summed E-state index contributed by atoms with van der Waals surface area (Å²) < 4.78 is 37.9. The highest BCUT2D eigenvalue weighted by molar-refractivity contribution is 7.99. The molecule has 0 aromatic heterocycles. The highest BCUT2D eigenvalue weighted by atomic mass is 32.2. The third-order valence-electron chi connectivity index (χ3n) is 2.54. The molecule has 2 nitrogen and oxygen atoms in total. The predicted molar refractivity (Wildman–Crippen MR) is 68.7 cm³/mol. The SMILES string of the molecule is CCCCCSc1ccc(C(F)(F)F)c(C(=O)O)c1. The average molecular weight is 292 g/mol. The van der Waals surface area contributed by atoms with Crippen molar-refractivity contribution in [3.8, 4) is 0 Å². The number of carboxylic acids is 1. The molecule has 0 atom stereocenters. The number of alkyl halides is 3. The number of hydrogen-bond donors (Lipinski definition) is 1. The van der Waals surface area contributed by atoms with E-state index in [2.05, 4.69) is 6.92 Å². The molecule has 0 bridgehead atoms. The van der Waals surface area contributed by atoms with Crippen LogP contribution in [0.25, 0.3) is 0 Å². The minimum atomic E-state index is -4.64. The Morgan fingerprint density at radius 2 is 2.00 bits per heavy atom. The summed E-state index contributed by atoms with van der Waals surface area (Å²) in [5.74, 6) is -0.776. The first kappa shape index (κ1) is 15.9. The van der Waals surface area contributed by atoms with Gasteiger partial charge in [0.25, 0.3) is 0 Å². The van der Waals surface area contributed by atoms with Crippen LogP contribution in [0.15, 0.2) is 23.1 Å². The number of aromatic carboxylic acids is 1. The first-order valence-corrected chi connectivity index (χ1v) is 6.92. The van der Waals surface area contributed by atoms with Gasteiger partial charge in [0.05, 0.1) is 11.1 Å². The van der Waals surface area contributed by atoms with Crippen molar-refractivity contribution < 1.29 is 23.1 Å². The van der Waals surface area contributed by atoms with Crippen LogP contribution < -0.4 is 0 Å². The molecule has 0 amide bonds. The lowest BCUT2D eigenvalue weighted by atomic mass is 10.1. The predicted octanol–water partition coefficient (Wildman–Crippen LogP) is 4.69. The molecule has 0 aliphatic rings. The molecule has 1 aromatic carbocycles. The first-order chi connectivity index (χ1) is 8.86. The Hall–Kier alpha value is -1.17. The van der Waals surface area contributed by atoms with E-state index in [1.54, 1.807) is 0 Å². The molecule has 1 rings (SSSR count). The molecule has 19 heavy (non-hydrogen) atoms. The molecule has 0 heterocycles. The van der Waals surface area contributed by atoms with E-state index < -0.39 is 23.3 Å².